The Morgan fingerprint density at radius 3 is 2.65 bits per heavy atom. The lowest BCUT2D eigenvalue weighted by Gasteiger charge is -2.43. The van der Waals surface area contributed by atoms with E-state index in [1.807, 2.05) is 0 Å². The zero-order valence-electron chi connectivity index (χ0n) is 11.6. The number of nitrogens with two attached hydrogens (primary N) is 1. The molecular formula is C15H21ClFNO2. The Morgan fingerprint density at radius 1 is 1.50 bits per heavy atom. The maximum absolute atomic E-state index is 13.1. The molecule has 2 rings (SSSR count). The van der Waals surface area contributed by atoms with E-state index in [4.69, 9.17) is 22.1 Å². The molecule has 1 aliphatic rings. The molecule has 1 aromatic rings. The Morgan fingerprint density at radius 2 is 2.20 bits per heavy atom. The van der Waals surface area contributed by atoms with E-state index in [-0.39, 0.29) is 18.1 Å². The van der Waals surface area contributed by atoms with Crippen LogP contribution in [-0.2, 0) is 4.74 Å². The minimum Gasteiger partial charge on any atom is -0.392 e. The molecule has 2 atom stereocenters. The van der Waals surface area contributed by atoms with Crippen LogP contribution in [0.5, 0.6) is 0 Å². The molecule has 0 radical (unpaired) electrons. The van der Waals surface area contributed by atoms with Crippen LogP contribution >= 0.6 is 11.6 Å². The SMILES string of the molecule is COC1(CC(O)C(CN)c2ccc(F)cc2Cl)CCC1. The molecule has 0 spiro atoms. The number of aliphatic hydroxyl groups is 1. The topological polar surface area (TPSA) is 55.5 Å². The van der Waals surface area contributed by atoms with Crippen molar-refractivity contribution in [1.82, 2.24) is 0 Å². The van der Waals surface area contributed by atoms with Gasteiger partial charge in [-0.15, -0.1) is 0 Å². The van der Waals surface area contributed by atoms with Crippen molar-refractivity contribution in [1.29, 1.82) is 0 Å². The van der Waals surface area contributed by atoms with E-state index >= 15 is 0 Å². The molecule has 0 heterocycles. The Hall–Kier alpha value is -0.680. The fraction of sp³-hybridized carbons (Fsp3) is 0.600. The maximum Gasteiger partial charge on any atom is 0.124 e. The van der Waals surface area contributed by atoms with Gasteiger partial charge in [0, 0.05) is 31.0 Å². The molecule has 1 aliphatic carbocycles. The third kappa shape index (κ3) is 3.14. The van der Waals surface area contributed by atoms with Crippen molar-refractivity contribution in [2.45, 2.75) is 43.3 Å². The Bertz CT molecular complexity index is 460. The summed E-state index contributed by atoms with van der Waals surface area (Å²) in [7, 11) is 1.67. The molecule has 1 saturated carbocycles. The minimum atomic E-state index is -0.650. The summed E-state index contributed by atoms with van der Waals surface area (Å²) in [5.74, 6) is -0.702. The molecule has 5 heteroatoms. The number of rotatable bonds is 6. The van der Waals surface area contributed by atoms with Crippen LogP contribution in [0.1, 0.15) is 37.2 Å². The molecule has 3 nitrogen and oxygen atoms in total. The summed E-state index contributed by atoms with van der Waals surface area (Å²) in [6.07, 6.45) is 2.90. The van der Waals surface area contributed by atoms with Crippen LogP contribution < -0.4 is 5.73 Å². The van der Waals surface area contributed by atoms with E-state index in [0.717, 1.165) is 19.3 Å². The van der Waals surface area contributed by atoms with Gasteiger partial charge in [0.2, 0.25) is 0 Å². The summed E-state index contributed by atoms with van der Waals surface area (Å²) in [5.41, 5.74) is 6.23. The number of aliphatic hydroxyl groups excluding tert-OH is 1. The Balaban J connectivity index is 2.14. The zero-order valence-corrected chi connectivity index (χ0v) is 12.4. The molecular weight excluding hydrogens is 281 g/mol. The van der Waals surface area contributed by atoms with Crippen LogP contribution in [0.25, 0.3) is 0 Å². The number of benzene rings is 1. The summed E-state index contributed by atoms with van der Waals surface area (Å²) in [4.78, 5) is 0. The lowest BCUT2D eigenvalue weighted by Crippen LogP contribution is -2.44. The number of hydrogen-bond donors (Lipinski definition) is 2. The fourth-order valence-corrected chi connectivity index (χ4v) is 3.19. The molecule has 20 heavy (non-hydrogen) atoms. The van der Waals surface area contributed by atoms with Gasteiger partial charge in [-0.3, -0.25) is 0 Å². The second-order valence-corrected chi connectivity index (χ2v) is 5.93. The quantitative estimate of drug-likeness (QED) is 0.849. The molecule has 1 aromatic carbocycles. The van der Waals surface area contributed by atoms with Crippen molar-refractivity contribution in [3.8, 4) is 0 Å². The number of ether oxygens (including phenoxy) is 1. The van der Waals surface area contributed by atoms with Crippen LogP contribution in [0.4, 0.5) is 4.39 Å². The van der Waals surface area contributed by atoms with E-state index in [9.17, 15) is 9.50 Å². The van der Waals surface area contributed by atoms with Gasteiger partial charge in [0.25, 0.3) is 0 Å². The molecule has 2 unspecified atom stereocenters. The molecule has 112 valence electrons. The second-order valence-electron chi connectivity index (χ2n) is 5.52. The molecule has 0 amide bonds. The standard InChI is InChI=1S/C15H21ClFNO2/c1-20-15(5-2-6-15)8-14(19)12(9-18)11-4-3-10(17)7-13(11)16/h3-4,7,12,14,19H,2,5-6,8-9,18H2,1H3. The van der Waals surface area contributed by atoms with Crippen molar-refractivity contribution >= 4 is 11.6 Å². The van der Waals surface area contributed by atoms with Crippen LogP contribution in [0, 0.1) is 5.82 Å². The first kappa shape index (κ1) is 15.7. The largest absolute Gasteiger partial charge is 0.392 e. The average molecular weight is 302 g/mol. The van der Waals surface area contributed by atoms with E-state index in [1.165, 1.54) is 12.1 Å². The van der Waals surface area contributed by atoms with Gasteiger partial charge in [0.05, 0.1) is 11.7 Å². The van der Waals surface area contributed by atoms with Gasteiger partial charge >= 0.3 is 0 Å². The molecule has 0 bridgehead atoms. The second kappa shape index (κ2) is 6.39. The van der Waals surface area contributed by atoms with Crippen LogP contribution in [0.3, 0.4) is 0 Å². The van der Waals surface area contributed by atoms with Crippen molar-refractivity contribution in [3.05, 3.63) is 34.6 Å². The van der Waals surface area contributed by atoms with E-state index in [1.54, 1.807) is 13.2 Å². The lowest BCUT2D eigenvalue weighted by atomic mass is 9.73. The molecule has 1 fully saturated rings. The first-order valence-electron chi connectivity index (χ1n) is 6.89. The average Bonchev–Trinajstić information content (AvgIpc) is 2.37. The van der Waals surface area contributed by atoms with E-state index in [2.05, 4.69) is 0 Å². The number of halogens is 2. The maximum atomic E-state index is 13.1. The third-order valence-electron chi connectivity index (χ3n) is 4.36. The zero-order chi connectivity index (χ0) is 14.8. The monoisotopic (exact) mass is 301 g/mol. The molecule has 3 N–H and O–H groups in total. The summed E-state index contributed by atoms with van der Waals surface area (Å²) < 4.78 is 18.6. The molecule has 0 saturated heterocycles. The highest BCUT2D eigenvalue weighted by Gasteiger charge is 2.40. The number of methoxy groups -OCH3 is 1. The molecule has 0 aromatic heterocycles. The van der Waals surface area contributed by atoms with Gasteiger partial charge in [-0.1, -0.05) is 17.7 Å². The summed E-state index contributed by atoms with van der Waals surface area (Å²) in [6.45, 7) is 0.256. The van der Waals surface area contributed by atoms with Gasteiger partial charge in [-0.05, 0) is 37.0 Å². The van der Waals surface area contributed by atoms with Gasteiger partial charge in [-0.2, -0.15) is 0 Å². The van der Waals surface area contributed by atoms with Crippen molar-refractivity contribution < 1.29 is 14.2 Å². The van der Waals surface area contributed by atoms with E-state index < -0.39 is 11.9 Å². The highest BCUT2D eigenvalue weighted by Crippen LogP contribution is 2.41. The van der Waals surface area contributed by atoms with Crippen LogP contribution in [0.15, 0.2) is 18.2 Å². The predicted octanol–water partition coefficient (Wildman–Crippen LogP) is 2.84. The Labute approximate surface area is 123 Å². The highest BCUT2D eigenvalue weighted by molar-refractivity contribution is 6.31. The normalized spacial score (nSPS) is 20.2. The minimum absolute atomic E-state index is 0.237. The summed E-state index contributed by atoms with van der Waals surface area (Å²) in [6, 6.07) is 4.19. The highest BCUT2D eigenvalue weighted by atomic mass is 35.5. The van der Waals surface area contributed by atoms with Gasteiger partial charge < -0.3 is 15.6 Å². The van der Waals surface area contributed by atoms with Gasteiger partial charge in [0.15, 0.2) is 0 Å². The lowest BCUT2D eigenvalue weighted by molar-refractivity contribution is -0.102. The Kier molecular flexibility index (Phi) is 5.02. The van der Waals surface area contributed by atoms with Crippen LogP contribution in [-0.4, -0.2) is 30.5 Å². The molecule has 0 aliphatic heterocycles. The summed E-state index contributed by atoms with van der Waals surface area (Å²) >= 11 is 6.06. The predicted molar refractivity (Wildman–Crippen MR) is 77.4 cm³/mol. The van der Waals surface area contributed by atoms with Gasteiger partial charge in [-0.25, -0.2) is 4.39 Å². The van der Waals surface area contributed by atoms with Crippen molar-refractivity contribution in [2.75, 3.05) is 13.7 Å². The van der Waals surface area contributed by atoms with E-state index in [0.29, 0.717) is 17.0 Å². The van der Waals surface area contributed by atoms with Crippen LogP contribution in [0.2, 0.25) is 5.02 Å². The number of hydrogen-bond acceptors (Lipinski definition) is 3. The van der Waals surface area contributed by atoms with Gasteiger partial charge in [0.1, 0.15) is 5.82 Å². The smallest absolute Gasteiger partial charge is 0.124 e. The summed E-state index contributed by atoms with van der Waals surface area (Å²) in [5, 5.41) is 10.8. The third-order valence-corrected chi connectivity index (χ3v) is 4.69. The first-order chi connectivity index (χ1) is 9.51. The first-order valence-corrected chi connectivity index (χ1v) is 7.27. The fourth-order valence-electron chi connectivity index (χ4n) is 2.88. The van der Waals surface area contributed by atoms with Crippen molar-refractivity contribution in [2.24, 2.45) is 5.73 Å². The van der Waals surface area contributed by atoms with Crippen molar-refractivity contribution in [3.63, 3.8) is 0 Å².